The van der Waals surface area contributed by atoms with Gasteiger partial charge in [-0.15, -0.1) is 0 Å². The average molecular weight is 487 g/mol. The van der Waals surface area contributed by atoms with E-state index in [2.05, 4.69) is 4.98 Å². The highest BCUT2D eigenvalue weighted by atomic mass is 35.5. The van der Waals surface area contributed by atoms with Gasteiger partial charge in [-0.3, -0.25) is 4.79 Å². The molecule has 1 unspecified atom stereocenters. The average Bonchev–Trinajstić information content (AvgIpc) is 3.28. The van der Waals surface area contributed by atoms with Crippen molar-refractivity contribution in [3.8, 4) is 0 Å². The topological polar surface area (TPSA) is 86.4 Å². The van der Waals surface area contributed by atoms with E-state index in [0.29, 0.717) is 37.5 Å². The minimum absolute atomic E-state index is 0.138. The molecule has 1 aromatic heterocycles. The van der Waals surface area contributed by atoms with Gasteiger partial charge >= 0.3 is 0 Å². The number of piperidine rings is 2. The van der Waals surface area contributed by atoms with Crippen molar-refractivity contribution in [1.82, 2.24) is 19.2 Å². The fourth-order valence-electron chi connectivity index (χ4n) is 4.92. The number of benzene rings is 2. The van der Waals surface area contributed by atoms with Crippen molar-refractivity contribution in [3.05, 3.63) is 59.4 Å². The first-order valence-electron chi connectivity index (χ1n) is 11.4. The number of halogens is 1. The zero-order valence-electron chi connectivity index (χ0n) is 18.3. The molecule has 0 bridgehead atoms. The summed E-state index contributed by atoms with van der Waals surface area (Å²) in [6.07, 6.45) is 3.02. The molecular weight excluding hydrogens is 460 g/mol. The van der Waals surface area contributed by atoms with Crippen LogP contribution in [0.15, 0.2) is 53.4 Å². The summed E-state index contributed by atoms with van der Waals surface area (Å²) in [7, 11) is -3.57. The first kappa shape index (κ1) is 22.4. The summed E-state index contributed by atoms with van der Waals surface area (Å²) in [6, 6.07) is 14.2. The third-order valence-corrected chi connectivity index (χ3v) is 8.95. The Labute approximate surface area is 198 Å². The number of H-pyrrole nitrogens is 1. The summed E-state index contributed by atoms with van der Waals surface area (Å²) < 4.78 is 27.3. The van der Waals surface area contributed by atoms with Gasteiger partial charge in [0.05, 0.1) is 15.9 Å². The molecule has 9 heteroatoms. The molecule has 3 heterocycles. The number of rotatable bonds is 4. The van der Waals surface area contributed by atoms with Crippen LogP contribution >= 0.6 is 11.6 Å². The Morgan fingerprint density at radius 3 is 2.45 bits per heavy atom. The Kier molecular flexibility index (Phi) is 6.16. The standard InChI is InChI=1S/C24H27ClN4O3S/c25-19-7-9-20(10-8-19)33(31,32)29-14-11-17(12-15-29)24(30)28-13-3-4-18(16-28)23-26-21-5-1-2-6-22(21)27-23/h1-2,5-10,17-18H,3-4,11-16H2,(H,26,27). The summed E-state index contributed by atoms with van der Waals surface area (Å²) in [5.74, 6) is 1.13. The summed E-state index contributed by atoms with van der Waals surface area (Å²) in [4.78, 5) is 23.6. The number of carbonyl (C=O) groups is 1. The zero-order valence-corrected chi connectivity index (χ0v) is 19.9. The number of hydrogen-bond acceptors (Lipinski definition) is 4. The minimum Gasteiger partial charge on any atom is -0.342 e. The van der Waals surface area contributed by atoms with Crippen LogP contribution < -0.4 is 0 Å². The van der Waals surface area contributed by atoms with Crippen LogP contribution in [0, 0.1) is 5.92 Å². The number of nitrogens with zero attached hydrogens (tertiary/aromatic N) is 3. The van der Waals surface area contributed by atoms with E-state index in [-0.39, 0.29) is 22.6 Å². The first-order chi connectivity index (χ1) is 15.9. The zero-order chi connectivity index (χ0) is 23.0. The van der Waals surface area contributed by atoms with Crippen molar-refractivity contribution >= 4 is 38.6 Å². The van der Waals surface area contributed by atoms with Crippen molar-refractivity contribution in [2.75, 3.05) is 26.2 Å². The lowest BCUT2D eigenvalue weighted by molar-refractivity contribution is -0.138. The molecule has 0 saturated carbocycles. The number of amides is 1. The molecule has 7 nitrogen and oxygen atoms in total. The lowest BCUT2D eigenvalue weighted by Gasteiger charge is -2.37. The normalized spacial score (nSPS) is 20.9. The third-order valence-electron chi connectivity index (χ3n) is 6.78. The smallest absolute Gasteiger partial charge is 0.243 e. The van der Waals surface area contributed by atoms with Crippen LogP contribution in [0.2, 0.25) is 5.02 Å². The Bertz CT molecular complexity index is 1220. The quantitative estimate of drug-likeness (QED) is 0.603. The van der Waals surface area contributed by atoms with Gasteiger partial charge in [-0.1, -0.05) is 23.7 Å². The van der Waals surface area contributed by atoms with E-state index in [4.69, 9.17) is 16.6 Å². The number of nitrogens with one attached hydrogen (secondary N) is 1. The number of fused-ring (bicyclic) bond motifs is 1. The van der Waals surface area contributed by atoms with Gasteiger partial charge in [-0.25, -0.2) is 13.4 Å². The van der Waals surface area contributed by atoms with Gasteiger partial charge in [0.25, 0.3) is 0 Å². The lowest BCUT2D eigenvalue weighted by atomic mass is 9.92. The first-order valence-corrected chi connectivity index (χ1v) is 13.2. The van der Waals surface area contributed by atoms with Crippen molar-refractivity contribution in [2.24, 2.45) is 5.92 Å². The van der Waals surface area contributed by atoms with E-state index in [1.165, 1.54) is 16.4 Å². The van der Waals surface area contributed by atoms with Crippen molar-refractivity contribution < 1.29 is 13.2 Å². The van der Waals surface area contributed by atoms with Crippen LogP contribution in [-0.4, -0.2) is 59.7 Å². The summed E-state index contributed by atoms with van der Waals surface area (Å²) in [5.41, 5.74) is 1.97. The fraction of sp³-hybridized carbons (Fsp3) is 0.417. The maximum atomic E-state index is 13.3. The van der Waals surface area contributed by atoms with Gasteiger partial charge in [0.1, 0.15) is 5.82 Å². The number of para-hydroxylation sites is 2. The Balaban J connectivity index is 1.22. The number of carbonyl (C=O) groups excluding carboxylic acids is 1. The Morgan fingerprint density at radius 1 is 1.00 bits per heavy atom. The van der Waals surface area contributed by atoms with E-state index >= 15 is 0 Å². The van der Waals surface area contributed by atoms with Crippen LogP contribution in [0.5, 0.6) is 0 Å². The highest BCUT2D eigenvalue weighted by Gasteiger charge is 2.35. The van der Waals surface area contributed by atoms with Crippen LogP contribution in [0.25, 0.3) is 11.0 Å². The molecule has 3 aromatic rings. The van der Waals surface area contributed by atoms with E-state index in [1.807, 2.05) is 29.2 Å². The molecule has 0 spiro atoms. The minimum atomic E-state index is -3.57. The molecular formula is C24H27ClN4O3S. The highest BCUT2D eigenvalue weighted by molar-refractivity contribution is 7.89. The maximum Gasteiger partial charge on any atom is 0.243 e. The summed E-state index contributed by atoms with van der Waals surface area (Å²) in [5, 5.41) is 0.501. The molecule has 2 aliphatic heterocycles. The molecule has 1 N–H and O–H groups in total. The van der Waals surface area contributed by atoms with Gasteiger partial charge in [0.15, 0.2) is 0 Å². The summed E-state index contributed by atoms with van der Waals surface area (Å²) >= 11 is 5.89. The lowest BCUT2D eigenvalue weighted by Crippen LogP contribution is -2.47. The van der Waals surface area contributed by atoms with E-state index in [9.17, 15) is 13.2 Å². The van der Waals surface area contributed by atoms with E-state index < -0.39 is 10.0 Å². The van der Waals surface area contributed by atoms with E-state index in [1.54, 1.807) is 12.1 Å². The fourth-order valence-corrected chi connectivity index (χ4v) is 6.52. The Hall–Kier alpha value is -2.42. The predicted octanol–water partition coefficient (Wildman–Crippen LogP) is 4.02. The van der Waals surface area contributed by atoms with Gasteiger partial charge in [-0.2, -0.15) is 4.31 Å². The van der Waals surface area contributed by atoms with Crippen LogP contribution in [0.1, 0.15) is 37.4 Å². The molecule has 5 rings (SSSR count). The second-order valence-corrected chi connectivity index (χ2v) is 11.3. The van der Waals surface area contributed by atoms with Crippen molar-refractivity contribution in [2.45, 2.75) is 36.5 Å². The molecule has 0 radical (unpaired) electrons. The van der Waals surface area contributed by atoms with E-state index in [0.717, 1.165) is 36.2 Å². The van der Waals surface area contributed by atoms with Crippen molar-refractivity contribution in [3.63, 3.8) is 0 Å². The van der Waals surface area contributed by atoms with Crippen LogP contribution in [-0.2, 0) is 14.8 Å². The Morgan fingerprint density at radius 2 is 1.73 bits per heavy atom. The van der Waals surface area contributed by atoms with Crippen LogP contribution in [0.3, 0.4) is 0 Å². The number of aromatic amines is 1. The third kappa shape index (κ3) is 4.52. The van der Waals surface area contributed by atoms with Gasteiger partial charge in [0.2, 0.25) is 15.9 Å². The molecule has 2 saturated heterocycles. The molecule has 2 aliphatic rings. The maximum absolute atomic E-state index is 13.3. The predicted molar refractivity (Wildman–Crippen MR) is 128 cm³/mol. The molecule has 174 valence electrons. The number of sulfonamides is 1. The molecule has 33 heavy (non-hydrogen) atoms. The summed E-state index contributed by atoms with van der Waals surface area (Å²) in [6.45, 7) is 2.10. The van der Waals surface area contributed by atoms with Crippen LogP contribution in [0.4, 0.5) is 0 Å². The largest absolute Gasteiger partial charge is 0.342 e. The highest BCUT2D eigenvalue weighted by Crippen LogP contribution is 2.30. The molecule has 2 aromatic carbocycles. The number of hydrogen-bond donors (Lipinski definition) is 1. The van der Waals surface area contributed by atoms with Gasteiger partial charge in [0, 0.05) is 43.0 Å². The number of aromatic nitrogens is 2. The molecule has 0 aliphatic carbocycles. The van der Waals surface area contributed by atoms with Gasteiger partial charge in [-0.05, 0) is 62.1 Å². The van der Waals surface area contributed by atoms with Crippen molar-refractivity contribution in [1.29, 1.82) is 0 Å². The van der Waals surface area contributed by atoms with Gasteiger partial charge < -0.3 is 9.88 Å². The molecule has 1 atom stereocenters. The SMILES string of the molecule is O=C(C1CCN(S(=O)(=O)c2ccc(Cl)cc2)CC1)N1CCCC(c2nc3ccccc3[nH]2)C1. The number of likely N-dealkylation sites (tertiary alicyclic amines) is 1. The monoisotopic (exact) mass is 486 g/mol. The number of imidazole rings is 1. The molecule has 2 fully saturated rings. The second-order valence-electron chi connectivity index (χ2n) is 8.89. The molecule has 1 amide bonds. The second kappa shape index (κ2) is 9.08.